The molecule has 2 heteroatoms. The van der Waals surface area contributed by atoms with E-state index in [-0.39, 0.29) is 0 Å². The lowest BCUT2D eigenvalue weighted by Crippen LogP contribution is -1.99. The van der Waals surface area contributed by atoms with Crippen LogP contribution in [0.5, 0.6) is 0 Å². The van der Waals surface area contributed by atoms with Crippen LogP contribution in [0.2, 0.25) is 0 Å². The molecule has 7 rings (SSSR count). The lowest BCUT2D eigenvalue weighted by atomic mass is 9.97. The number of rotatable bonds is 5. The zero-order valence-corrected chi connectivity index (χ0v) is 20.9. The van der Waals surface area contributed by atoms with Gasteiger partial charge in [-0.3, -0.25) is 4.98 Å². The van der Waals surface area contributed by atoms with Gasteiger partial charge in [-0.2, -0.15) is 0 Å². The molecule has 0 spiro atoms. The fraction of sp³-hybridized carbons (Fsp3) is 0.171. The topological polar surface area (TPSA) is 26.0 Å². The molecule has 0 N–H and O–H groups in total. The molecule has 2 aromatic heterocycles. The van der Waals surface area contributed by atoms with Gasteiger partial charge in [0.2, 0.25) is 0 Å². The summed E-state index contributed by atoms with van der Waals surface area (Å²) in [5.41, 5.74) is 10.0. The number of pyridine rings is 1. The van der Waals surface area contributed by atoms with Crippen molar-refractivity contribution in [1.82, 2.24) is 4.98 Å². The summed E-state index contributed by atoms with van der Waals surface area (Å²) >= 11 is 0. The highest BCUT2D eigenvalue weighted by atomic mass is 16.3. The summed E-state index contributed by atoms with van der Waals surface area (Å²) in [4.78, 5) is 4.75. The molecule has 1 aliphatic carbocycles. The van der Waals surface area contributed by atoms with Crippen molar-refractivity contribution in [2.45, 2.75) is 32.1 Å². The van der Waals surface area contributed by atoms with Crippen LogP contribution in [0.15, 0.2) is 114 Å². The molecule has 180 valence electrons. The Bertz CT molecular complexity index is 1710. The van der Waals surface area contributed by atoms with Crippen LogP contribution in [0.1, 0.15) is 31.2 Å². The molecule has 2 heterocycles. The normalized spacial score (nSPS) is 14.1. The van der Waals surface area contributed by atoms with Gasteiger partial charge in [-0.25, -0.2) is 0 Å². The number of hydrogen-bond donors (Lipinski definition) is 0. The van der Waals surface area contributed by atoms with E-state index in [0.29, 0.717) is 0 Å². The maximum Gasteiger partial charge on any atom is 0.144 e. The predicted molar refractivity (Wildman–Crippen MR) is 153 cm³/mol. The van der Waals surface area contributed by atoms with Crippen molar-refractivity contribution in [3.8, 4) is 33.5 Å². The number of fused-ring (bicyclic) bond motifs is 3. The third kappa shape index (κ3) is 4.23. The van der Waals surface area contributed by atoms with E-state index in [1.807, 2.05) is 6.20 Å². The first-order chi connectivity index (χ1) is 18.3. The number of hydrogen-bond acceptors (Lipinski definition) is 2. The lowest BCUT2D eigenvalue weighted by Gasteiger charge is -2.10. The molecule has 4 aromatic carbocycles. The second-order valence-electron chi connectivity index (χ2n) is 10.3. The van der Waals surface area contributed by atoms with E-state index in [1.54, 1.807) is 0 Å². The summed E-state index contributed by atoms with van der Waals surface area (Å²) in [5.74, 6) is 0.816. The maximum absolute atomic E-state index is 6.55. The van der Waals surface area contributed by atoms with Crippen LogP contribution in [-0.4, -0.2) is 4.98 Å². The summed E-state index contributed by atoms with van der Waals surface area (Å²) in [5, 5.41) is 2.28. The van der Waals surface area contributed by atoms with E-state index < -0.39 is 0 Å². The minimum Gasteiger partial charge on any atom is -0.455 e. The van der Waals surface area contributed by atoms with Crippen LogP contribution in [0.25, 0.3) is 55.4 Å². The minimum atomic E-state index is 0.816. The Labute approximate surface area is 217 Å². The van der Waals surface area contributed by atoms with E-state index in [9.17, 15) is 0 Å². The first kappa shape index (κ1) is 22.1. The maximum atomic E-state index is 6.55. The van der Waals surface area contributed by atoms with Gasteiger partial charge in [-0.15, -0.1) is 0 Å². The first-order valence-electron chi connectivity index (χ1n) is 13.4. The molecule has 0 bridgehead atoms. The highest BCUT2D eigenvalue weighted by Crippen LogP contribution is 2.38. The van der Waals surface area contributed by atoms with E-state index in [1.165, 1.54) is 47.9 Å². The van der Waals surface area contributed by atoms with Crippen molar-refractivity contribution in [1.29, 1.82) is 0 Å². The Morgan fingerprint density at radius 3 is 2.27 bits per heavy atom. The Balaban J connectivity index is 1.28. The standard InChI is InChI=1S/C35H29NO/c1-2-10-26(11-3-1)27-12-6-13-28(22-27)29-16-17-30-31-14-7-15-32(35(31)37-34(30)23-29)33-21-25(18-19-36-33)20-24-8-4-5-9-24/h1-3,6-7,10-19,21-24H,4-5,8-9,20H2. The summed E-state index contributed by atoms with van der Waals surface area (Å²) in [7, 11) is 0. The van der Waals surface area contributed by atoms with Crippen LogP contribution < -0.4 is 0 Å². The van der Waals surface area contributed by atoms with Gasteiger partial charge in [-0.05, 0) is 76.6 Å². The molecule has 0 atom stereocenters. The second kappa shape index (κ2) is 9.37. The SMILES string of the molecule is c1ccc(-c2cccc(-c3ccc4c(c3)oc3c(-c5cc(CC6CCCC6)ccn5)cccc34)c2)cc1. The minimum absolute atomic E-state index is 0.816. The Morgan fingerprint density at radius 2 is 1.41 bits per heavy atom. The quantitative estimate of drug-likeness (QED) is 0.246. The van der Waals surface area contributed by atoms with Crippen LogP contribution in [0, 0.1) is 5.92 Å². The molecule has 0 saturated heterocycles. The second-order valence-corrected chi connectivity index (χ2v) is 10.3. The van der Waals surface area contributed by atoms with E-state index in [0.717, 1.165) is 51.1 Å². The fourth-order valence-electron chi connectivity index (χ4n) is 5.98. The number of nitrogens with zero attached hydrogens (tertiary/aromatic N) is 1. The highest BCUT2D eigenvalue weighted by Gasteiger charge is 2.17. The first-order valence-corrected chi connectivity index (χ1v) is 13.4. The molecule has 37 heavy (non-hydrogen) atoms. The molecule has 6 aromatic rings. The molecule has 1 fully saturated rings. The van der Waals surface area contributed by atoms with Crippen LogP contribution in [0.4, 0.5) is 0 Å². The highest BCUT2D eigenvalue weighted by molar-refractivity contribution is 6.10. The summed E-state index contributed by atoms with van der Waals surface area (Å²) in [6, 6.07) is 36.7. The van der Waals surface area contributed by atoms with Gasteiger partial charge in [0.25, 0.3) is 0 Å². The molecule has 2 nitrogen and oxygen atoms in total. The van der Waals surface area contributed by atoms with Crippen molar-refractivity contribution in [3.63, 3.8) is 0 Å². The Hall–Kier alpha value is -4.17. The van der Waals surface area contributed by atoms with Gasteiger partial charge in [-0.1, -0.05) is 92.4 Å². The largest absolute Gasteiger partial charge is 0.455 e. The van der Waals surface area contributed by atoms with Gasteiger partial charge >= 0.3 is 0 Å². The van der Waals surface area contributed by atoms with E-state index in [4.69, 9.17) is 9.40 Å². The molecular weight excluding hydrogens is 450 g/mol. The molecule has 0 amide bonds. The zero-order chi connectivity index (χ0) is 24.6. The number of furan rings is 1. The number of benzene rings is 4. The Morgan fingerprint density at radius 1 is 0.649 bits per heavy atom. The van der Waals surface area contributed by atoms with Crippen molar-refractivity contribution >= 4 is 21.9 Å². The van der Waals surface area contributed by atoms with Crippen molar-refractivity contribution in [2.75, 3.05) is 0 Å². The average molecular weight is 480 g/mol. The summed E-state index contributed by atoms with van der Waals surface area (Å²) < 4.78 is 6.55. The number of para-hydroxylation sites is 1. The van der Waals surface area contributed by atoms with Crippen LogP contribution in [-0.2, 0) is 6.42 Å². The molecule has 1 aliphatic rings. The average Bonchev–Trinajstić information content (AvgIpc) is 3.61. The monoisotopic (exact) mass is 479 g/mol. The van der Waals surface area contributed by atoms with Gasteiger partial charge in [0.05, 0.1) is 5.69 Å². The molecule has 0 radical (unpaired) electrons. The van der Waals surface area contributed by atoms with E-state index in [2.05, 4.69) is 103 Å². The lowest BCUT2D eigenvalue weighted by molar-refractivity contribution is 0.546. The van der Waals surface area contributed by atoms with Gasteiger partial charge < -0.3 is 4.42 Å². The predicted octanol–water partition coefficient (Wildman–Crippen LogP) is 9.71. The van der Waals surface area contributed by atoms with Crippen LogP contribution >= 0.6 is 0 Å². The molecule has 0 unspecified atom stereocenters. The van der Waals surface area contributed by atoms with Crippen molar-refractivity contribution in [2.24, 2.45) is 5.92 Å². The smallest absolute Gasteiger partial charge is 0.144 e. The fourth-order valence-corrected chi connectivity index (χ4v) is 5.98. The van der Waals surface area contributed by atoms with Crippen molar-refractivity contribution in [3.05, 3.63) is 115 Å². The zero-order valence-electron chi connectivity index (χ0n) is 20.9. The van der Waals surface area contributed by atoms with Crippen LogP contribution in [0.3, 0.4) is 0 Å². The number of aromatic nitrogens is 1. The third-order valence-electron chi connectivity index (χ3n) is 7.90. The van der Waals surface area contributed by atoms with Gasteiger partial charge in [0.1, 0.15) is 11.2 Å². The van der Waals surface area contributed by atoms with Gasteiger partial charge in [0.15, 0.2) is 0 Å². The Kier molecular flexibility index (Phi) is 5.59. The van der Waals surface area contributed by atoms with Gasteiger partial charge in [0, 0.05) is 22.5 Å². The summed E-state index contributed by atoms with van der Waals surface area (Å²) in [6.45, 7) is 0. The molecule has 0 aliphatic heterocycles. The van der Waals surface area contributed by atoms with E-state index >= 15 is 0 Å². The van der Waals surface area contributed by atoms with Crippen molar-refractivity contribution < 1.29 is 4.42 Å². The summed E-state index contributed by atoms with van der Waals surface area (Å²) in [6.07, 6.45) is 8.57. The molecule has 1 saturated carbocycles. The molecular formula is C35H29NO. The third-order valence-corrected chi connectivity index (χ3v) is 7.90.